The Kier molecular flexibility index (Phi) is 4.65. The smallest absolute Gasteiger partial charge is 0.273 e. The van der Waals surface area contributed by atoms with E-state index in [1.807, 2.05) is 23.6 Å². The van der Waals surface area contributed by atoms with Gasteiger partial charge in [-0.2, -0.15) is 0 Å². The number of halogens is 1. The Hall–Kier alpha value is -2.38. The fourth-order valence-electron chi connectivity index (χ4n) is 3.04. The molecule has 2 aromatic heterocycles. The molecule has 0 bridgehead atoms. The number of aromatic nitrogens is 2. The molecular weight excluding hydrogens is 374 g/mol. The predicted octanol–water partition coefficient (Wildman–Crippen LogP) is 4.05. The van der Waals surface area contributed by atoms with E-state index in [0.29, 0.717) is 45.9 Å². The third-order valence-corrected chi connectivity index (χ3v) is 5.31. The first-order valence-corrected chi connectivity index (χ1v) is 9.46. The molecule has 6 nitrogen and oxygen atoms in total. The molecule has 1 saturated heterocycles. The first kappa shape index (κ1) is 17.1. The van der Waals surface area contributed by atoms with E-state index in [0.717, 1.165) is 6.42 Å². The summed E-state index contributed by atoms with van der Waals surface area (Å²) in [6, 6.07) is 7.28. The molecule has 0 spiro atoms. The van der Waals surface area contributed by atoms with Crippen molar-refractivity contribution in [1.29, 1.82) is 0 Å². The lowest BCUT2D eigenvalue weighted by atomic mass is 10.1. The molecule has 26 heavy (non-hydrogen) atoms. The van der Waals surface area contributed by atoms with Crippen LogP contribution in [0.4, 0.5) is 0 Å². The zero-order valence-corrected chi connectivity index (χ0v) is 15.6. The number of hydrogen-bond donors (Lipinski definition) is 0. The fraction of sp³-hybridized carbons (Fsp3) is 0.278. The number of aryl methyl sites for hydroxylation is 1. The largest absolute Gasteiger partial charge is 0.465 e. The number of nitrogens with zero attached hydrogens (tertiary/aromatic N) is 3. The second-order valence-corrected chi connectivity index (χ2v) is 7.28. The molecule has 1 aliphatic heterocycles. The van der Waals surface area contributed by atoms with Crippen molar-refractivity contribution in [2.24, 2.45) is 0 Å². The molecule has 0 aliphatic carbocycles. The molecule has 8 heteroatoms. The minimum atomic E-state index is -0.121. The summed E-state index contributed by atoms with van der Waals surface area (Å²) in [5, 5.41) is 7.09. The summed E-state index contributed by atoms with van der Waals surface area (Å²) >= 11 is 7.72. The highest BCUT2D eigenvalue weighted by molar-refractivity contribution is 7.11. The van der Waals surface area contributed by atoms with Crippen molar-refractivity contribution in [2.75, 3.05) is 13.1 Å². The van der Waals surface area contributed by atoms with E-state index in [2.05, 4.69) is 10.1 Å². The van der Waals surface area contributed by atoms with Gasteiger partial charge in [-0.15, -0.1) is 0 Å². The molecule has 1 atom stereocenters. The van der Waals surface area contributed by atoms with Gasteiger partial charge in [0.1, 0.15) is 23.1 Å². The number of amides is 1. The van der Waals surface area contributed by atoms with Gasteiger partial charge in [0.25, 0.3) is 11.1 Å². The van der Waals surface area contributed by atoms with Crippen molar-refractivity contribution >= 4 is 28.8 Å². The highest BCUT2D eigenvalue weighted by Gasteiger charge is 2.33. The molecule has 4 rings (SSSR count). The van der Waals surface area contributed by atoms with E-state index < -0.39 is 0 Å². The van der Waals surface area contributed by atoms with Gasteiger partial charge in [0.05, 0.1) is 11.6 Å². The third-order valence-electron chi connectivity index (χ3n) is 4.31. The van der Waals surface area contributed by atoms with E-state index in [1.54, 1.807) is 24.1 Å². The van der Waals surface area contributed by atoms with Crippen LogP contribution in [0.3, 0.4) is 0 Å². The predicted molar refractivity (Wildman–Crippen MR) is 98.7 cm³/mol. The van der Waals surface area contributed by atoms with Crippen molar-refractivity contribution in [3.8, 4) is 16.5 Å². The Labute approximate surface area is 159 Å². The van der Waals surface area contributed by atoms with Gasteiger partial charge in [0, 0.05) is 30.1 Å². The number of thiazole rings is 1. The van der Waals surface area contributed by atoms with Crippen LogP contribution in [0.25, 0.3) is 11.3 Å². The van der Waals surface area contributed by atoms with Crippen molar-refractivity contribution < 1.29 is 14.1 Å². The van der Waals surface area contributed by atoms with Crippen LogP contribution >= 0.6 is 22.9 Å². The van der Waals surface area contributed by atoms with E-state index in [4.69, 9.17) is 20.9 Å². The molecule has 1 aliphatic rings. The Morgan fingerprint density at radius 2 is 2.27 bits per heavy atom. The summed E-state index contributed by atoms with van der Waals surface area (Å²) in [7, 11) is 0. The van der Waals surface area contributed by atoms with Crippen LogP contribution in [0, 0.1) is 6.92 Å². The zero-order chi connectivity index (χ0) is 18.1. The lowest BCUT2D eigenvalue weighted by Gasteiger charge is -2.16. The molecule has 1 unspecified atom stereocenters. The lowest BCUT2D eigenvalue weighted by molar-refractivity contribution is 0.0771. The summed E-state index contributed by atoms with van der Waals surface area (Å²) in [4.78, 5) is 19.0. The molecule has 3 heterocycles. The van der Waals surface area contributed by atoms with Crippen LogP contribution in [0.2, 0.25) is 5.02 Å². The van der Waals surface area contributed by atoms with E-state index in [1.165, 1.54) is 11.3 Å². The summed E-state index contributed by atoms with van der Waals surface area (Å²) in [5.74, 6) is 0.359. The summed E-state index contributed by atoms with van der Waals surface area (Å²) < 4.78 is 11.1. The number of rotatable bonds is 4. The number of benzene rings is 1. The quantitative estimate of drug-likeness (QED) is 0.673. The number of carbonyl (C=O) groups excluding carboxylic acids is 1. The molecule has 1 amide bonds. The molecule has 0 radical (unpaired) electrons. The lowest BCUT2D eigenvalue weighted by Crippen LogP contribution is -2.31. The monoisotopic (exact) mass is 389 g/mol. The maximum Gasteiger partial charge on any atom is 0.273 e. The van der Waals surface area contributed by atoms with Crippen LogP contribution in [0.5, 0.6) is 5.19 Å². The number of carbonyl (C=O) groups is 1. The van der Waals surface area contributed by atoms with Crippen LogP contribution in [-0.4, -0.2) is 40.1 Å². The molecule has 0 saturated carbocycles. The average Bonchev–Trinajstić information content (AvgIpc) is 3.37. The summed E-state index contributed by atoms with van der Waals surface area (Å²) in [6.07, 6.45) is 2.40. The van der Waals surface area contributed by atoms with E-state index in [-0.39, 0.29) is 12.0 Å². The minimum absolute atomic E-state index is 0.0611. The first-order chi connectivity index (χ1) is 12.6. The SMILES string of the molecule is Cc1onc(-c2ccccc2Cl)c1C(=O)N1CCC(Oc2nccs2)C1. The summed E-state index contributed by atoms with van der Waals surface area (Å²) in [6.45, 7) is 2.85. The van der Waals surface area contributed by atoms with Crippen LogP contribution in [0.15, 0.2) is 40.4 Å². The maximum absolute atomic E-state index is 13.1. The van der Waals surface area contributed by atoms with Crippen molar-refractivity contribution in [3.63, 3.8) is 0 Å². The Bertz CT molecular complexity index is 926. The van der Waals surface area contributed by atoms with Crippen LogP contribution in [-0.2, 0) is 0 Å². The van der Waals surface area contributed by atoms with Gasteiger partial charge < -0.3 is 14.2 Å². The number of hydrogen-bond acceptors (Lipinski definition) is 6. The highest BCUT2D eigenvalue weighted by Crippen LogP contribution is 2.32. The van der Waals surface area contributed by atoms with Gasteiger partial charge in [-0.3, -0.25) is 4.79 Å². The fourth-order valence-corrected chi connectivity index (χ4v) is 3.82. The van der Waals surface area contributed by atoms with Gasteiger partial charge in [-0.25, -0.2) is 4.98 Å². The summed E-state index contributed by atoms with van der Waals surface area (Å²) in [5.41, 5.74) is 1.61. The van der Waals surface area contributed by atoms with Crippen LogP contribution < -0.4 is 4.74 Å². The standard InChI is InChI=1S/C18H16ClN3O3S/c1-11-15(16(21-25-11)13-4-2-3-5-14(13)19)17(23)22-8-6-12(10-22)24-18-20-7-9-26-18/h2-5,7,9,12H,6,8,10H2,1H3. The van der Waals surface area contributed by atoms with Gasteiger partial charge in [-0.05, 0) is 13.0 Å². The third kappa shape index (κ3) is 3.20. The molecule has 1 fully saturated rings. The van der Waals surface area contributed by atoms with Crippen molar-refractivity contribution in [2.45, 2.75) is 19.4 Å². The minimum Gasteiger partial charge on any atom is -0.465 e. The Balaban J connectivity index is 1.56. The van der Waals surface area contributed by atoms with Crippen LogP contribution in [0.1, 0.15) is 22.5 Å². The topological polar surface area (TPSA) is 68.5 Å². The first-order valence-electron chi connectivity index (χ1n) is 8.20. The number of likely N-dealkylation sites (tertiary alicyclic amines) is 1. The second-order valence-electron chi connectivity index (χ2n) is 6.02. The zero-order valence-electron chi connectivity index (χ0n) is 14.0. The highest BCUT2D eigenvalue weighted by atomic mass is 35.5. The van der Waals surface area contributed by atoms with Crippen molar-refractivity contribution in [3.05, 3.63) is 52.2 Å². The number of ether oxygens (including phenoxy) is 1. The Morgan fingerprint density at radius 3 is 3.04 bits per heavy atom. The maximum atomic E-state index is 13.1. The average molecular weight is 390 g/mol. The molecule has 134 valence electrons. The van der Waals surface area contributed by atoms with Gasteiger partial charge in [-0.1, -0.05) is 46.3 Å². The van der Waals surface area contributed by atoms with E-state index >= 15 is 0 Å². The molecule has 3 aromatic rings. The Morgan fingerprint density at radius 1 is 1.42 bits per heavy atom. The molecule has 1 aromatic carbocycles. The van der Waals surface area contributed by atoms with E-state index in [9.17, 15) is 4.79 Å². The molecule has 0 N–H and O–H groups in total. The molecular formula is C18H16ClN3O3S. The normalized spacial score (nSPS) is 16.8. The van der Waals surface area contributed by atoms with Crippen molar-refractivity contribution in [1.82, 2.24) is 15.0 Å². The van der Waals surface area contributed by atoms with Gasteiger partial charge >= 0.3 is 0 Å². The van der Waals surface area contributed by atoms with Gasteiger partial charge in [0.15, 0.2) is 0 Å². The second kappa shape index (κ2) is 7.09. The van der Waals surface area contributed by atoms with Gasteiger partial charge in [0.2, 0.25) is 0 Å².